The van der Waals surface area contributed by atoms with Crippen molar-refractivity contribution >= 4 is 17.9 Å². The fourth-order valence-electron chi connectivity index (χ4n) is 9.38. The minimum atomic E-state index is -0.773. The van der Waals surface area contributed by atoms with Crippen molar-refractivity contribution in [1.82, 2.24) is 0 Å². The zero-order valence-electron chi connectivity index (χ0n) is 48.2. The van der Waals surface area contributed by atoms with Gasteiger partial charge >= 0.3 is 17.9 Å². The van der Waals surface area contributed by atoms with E-state index in [9.17, 15) is 14.4 Å². The first-order chi connectivity index (χ1) is 35.5. The van der Waals surface area contributed by atoms with Gasteiger partial charge in [0.1, 0.15) is 13.2 Å². The van der Waals surface area contributed by atoms with Gasteiger partial charge in [0.25, 0.3) is 0 Å². The summed E-state index contributed by atoms with van der Waals surface area (Å²) in [4.78, 5) is 38.3. The Kier molecular flexibility index (Phi) is 58.7. The Bertz CT molecular complexity index is 1250. The Morgan fingerprint density at radius 1 is 0.292 bits per heavy atom. The maximum Gasteiger partial charge on any atom is 0.306 e. The third-order valence-electron chi connectivity index (χ3n) is 14.1. The van der Waals surface area contributed by atoms with Crippen LogP contribution >= 0.6 is 0 Å². The van der Waals surface area contributed by atoms with Crippen molar-refractivity contribution in [3.8, 4) is 0 Å². The number of hydrogen-bond acceptors (Lipinski definition) is 6. The molecule has 0 N–H and O–H groups in total. The van der Waals surface area contributed by atoms with Gasteiger partial charge < -0.3 is 14.2 Å². The molecule has 0 aromatic rings. The van der Waals surface area contributed by atoms with Crippen molar-refractivity contribution in [2.75, 3.05) is 13.2 Å². The summed E-state index contributed by atoms with van der Waals surface area (Å²) in [5.41, 5.74) is 0. The summed E-state index contributed by atoms with van der Waals surface area (Å²) in [7, 11) is 0. The standard InChI is InChI=1S/C66H120O6/c1-4-7-10-13-16-19-22-25-27-29-31-33-35-37-39-41-44-47-50-53-56-59-65(68)71-62-63(61-70-64(67)58-55-52-49-46-43-24-21-18-15-12-9-6-3)72-66(69)60-57-54-51-48-45-42-40-38-36-34-32-30-28-26-23-20-17-14-11-8-5-2/h7,10,16,19,25,27,31,33,63H,4-6,8-9,11-15,17-18,20-24,26,28-30,32,34-62H2,1-3H3/b10-7-,19-16-,27-25-,33-31-. The highest BCUT2D eigenvalue weighted by Gasteiger charge is 2.19. The molecule has 0 amide bonds. The lowest BCUT2D eigenvalue weighted by molar-refractivity contribution is -0.167. The smallest absolute Gasteiger partial charge is 0.306 e. The second kappa shape index (κ2) is 60.9. The van der Waals surface area contributed by atoms with Gasteiger partial charge in [-0.05, 0) is 57.8 Å². The Morgan fingerprint density at radius 2 is 0.542 bits per heavy atom. The van der Waals surface area contributed by atoms with Crippen molar-refractivity contribution in [2.24, 2.45) is 0 Å². The van der Waals surface area contributed by atoms with Crippen LogP contribution in [-0.2, 0) is 28.6 Å². The van der Waals surface area contributed by atoms with Crippen LogP contribution in [0.15, 0.2) is 48.6 Å². The fourth-order valence-corrected chi connectivity index (χ4v) is 9.38. The van der Waals surface area contributed by atoms with Gasteiger partial charge in [-0.2, -0.15) is 0 Å². The molecule has 72 heavy (non-hydrogen) atoms. The molecule has 0 radical (unpaired) electrons. The molecule has 0 saturated carbocycles. The normalized spacial score (nSPS) is 12.3. The molecule has 0 aliphatic rings. The summed E-state index contributed by atoms with van der Waals surface area (Å²) in [6, 6.07) is 0. The van der Waals surface area contributed by atoms with E-state index in [2.05, 4.69) is 69.4 Å². The minimum Gasteiger partial charge on any atom is -0.462 e. The maximum atomic E-state index is 12.9. The summed E-state index contributed by atoms with van der Waals surface area (Å²) < 4.78 is 16.9. The van der Waals surface area contributed by atoms with E-state index in [1.165, 1.54) is 205 Å². The molecule has 0 fully saturated rings. The summed E-state index contributed by atoms with van der Waals surface area (Å²) in [5.74, 6) is -0.857. The van der Waals surface area contributed by atoms with Crippen molar-refractivity contribution in [3.63, 3.8) is 0 Å². The molecule has 0 rings (SSSR count). The summed E-state index contributed by atoms with van der Waals surface area (Å²) in [6.45, 7) is 6.57. The molecule has 420 valence electrons. The third-order valence-corrected chi connectivity index (χ3v) is 14.1. The van der Waals surface area contributed by atoms with Gasteiger partial charge in [-0.1, -0.05) is 307 Å². The summed E-state index contributed by atoms with van der Waals surface area (Å²) >= 11 is 0. The van der Waals surface area contributed by atoms with Crippen molar-refractivity contribution in [2.45, 2.75) is 341 Å². The molecule has 0 saturated heterocycles. The quantitative estimate of drug-likeness (QED) is 0.0261. The Hall–Kier alpha value is -2.63. The van der Waals surface area contributed by atoms with E-state index in [0.717, 1.165) is 89.9 Å². The van der Waals surface area contributed by atoms with Gasteiger partial charge in [-0.15, -0.1) is 0 Å². The monoisotopic (exact) mass is 1010 g/mol. The van der Waals surface area contributed by atoms with Crippen LogP contribution in [0.3, 0.4) is 0 Å². The lowest BCUT2D eigenvalue weighted by Crippen LogP contribution is -2.30. The molecule has 0 aromatic carbocycles. The average Bonchev–Trinajstić information content (AvgIpc) is 3.38. The molecular formula is C66H120O6. The van der Waals surface area contributed by atoms with E-state index >= 15 is 0 Å². The number of esters is 3. The molecule has 6 nitrogen and oxygen atoms in total. The van der Waals surface area contributed by atoms with E-state index in [4.69, 9.17) is 14.2 Å². The fraction of sp³-hybridized carbons (Fsp3) is 0.833. The van der Waals surface area contributed by atoms with E-state index in [-0.39, 0.29) is 31.1 Å². The van der Waals surface area contributed by atoms with E-state index in [1.807, 2.05) is 0 Å². The van der Waals surface area contributed by atoms with Gasteiger partial charge in [-0.25, -0.2) is 0 Å². The molecule has 0 aliphatic carbocycles. The second-order valence-corrected chi connectivity index (χ2v) is 21.3. The number of hydrogen-bond donors (Lipinski definition) is 0. The molecule has 0 bridgehead atoms. The van der Waals surface area contributed by atoms with Gasteiger partial charge in [0.05, 0.1) is 0 Å². The Balaban J connectivity index is 4.29. The van der Waals surface area contributed by atoms with Crippen LogP contribution in [0.1, 0.15) is 335 Å². The number of carbonyl (C=O) groups excluding carboxylic acids is 3. The van der Waals surface area contributed by atoms with Crippen molar-refractivity contribution < 1.29 is 28.6 Å². The first-order valence-corrected chi connectivity index (χ1v) is 31.6. The number of carbonyl (C=O) groups is 3. The summed E-state index contributed by atoms with van der Waals surface area (Å²) in [6.07, 6.45) is 75.4. The van der Waals surface area contributed by atoms with E-state index < -0.39 is 6.10 Å². The highest BCUT2D eigenvalue weighted by atomic mass is 16.6. The van der Waals surface area contributed by atoms with Gasteiger partial charge in [-0.3, -0.25) is 14.4 Å². The zero-order chi connectivity index (χ0) is 52.2. The van der Waals surface area contributed by atoms with Gasteiger partial charge in [0.15, 0.2) is 6.10 Å². The van der Waals surface area contributed by atoms with Gasteiger partial charge in [0.2, 0.25) is 0 Å². The largest absolute Gasteiger partial charge is 0.462 e. The molecule has 0 spiro atoms. The van der Waals surface area contributed by atoms with E-state index in [1.54, 1.807) is 0 Å². The lowest BCUT2D eigenvalue weighted by Gasteiger charge is -2.18. The maximum absolute atomic E-state index is 12.9. The van der Waals surface area contributed by atoms with Crippen LogP contribution in [0.2, 0.25) is 0 Å². The zero-order valence-corrected chi connectivity index (χ0v) is 48.2. The SMILES string of the molecule is CC/C=C\C/C=C\C/C=C\C/C=C\CCCCCCCCCCC(=O)OCC(COC(=O)CCCCCCCCCCCCCC)OC(=O)CCCCCCCCCCCCCCCCCCCCCCC. The third kappa shape index (κ3) is 58.3. The average molecular weight is 1010 g/mol. The van der Waals surface area contributed by atoms with Crippen LogP contribution in [0.25, 0.3) is 0 Å². The predicted molar refractivity (Wildman–Crippen MR) is 312 cm³/mol. The molecule has 0 heterocycles. The molecule has 0 aliphatic heterocycles. The highest BCUT2D eigenvalue weighted by molar-refractivity contribution is 5.71. The minimum absolute atomic E-state index is 0.0706. The lowest BCUT2D eigenvalue weighted by atomic mass is 10.0. The Labute approximate surface area is 448 Å². The number of unbranched alkanes of at least 4 members (excludes halogenated alkanes) is 39. The van der Waals surface area contributed by atoms with Gasteiger partial charge in [0, 0.05) is 19.3 Å². The first-order valence-electron chi connectivity index (χ1n) is 31.6. The topological polar surface area (TPSA) is 78.9 Å². The molecule has 1 atom stereocenters. The molecule has 1 unspecified atom stereocenters. The van der Waals surface area contributed by atoms with Crippen LogP contribution in [-0.4, -0.2) is 37.2 Å². The number of rotatable bonds is 58. The second-order valence-electron chi connectivity index (χ2n) is 21.3. The molecular weight excluding hydrogens is 889 g/mol. The number of allylic oxidation sites excluding steroid dienone is 8. The summed E-state index contributed by atoms with van der Waals surface area (Å²) in [5, 5.41) is 0. The van der Waals surface area contributed by atoms with Crippen molar-refractivity contribution in [3.05, 3.63) is 48.6 Å². The van der Waals surface area contributed by atoms with Crippen LogP contribution in [0.5, 0.6) is 0 Å². The van der Waals surface area contributed by atoms with Crippen LogP contribution in [0.4, 0.5) is 0 Å². The highest BCUT2D eigenvalue weighted by Crippen LogP contribution is 2.18. The Morgan fingerprint density at radius 3 is 0.847 bits per heavy atom. The van der Waals surface area contributed by atoms with Crippen LogP contribution < -0.4 is 0 Å². The van der Waals surface area contributed by atoms with E-state index in [0.29, 0.717) is 19.3 Å². The van der Waals surface area contributed by atoms with Crippen molar-refractivity contribution in [1.29, 1.82) is 0 Å². The molecule has 6 heteroatoms. The predicted octanol–water partition coefficient (Wildman–Crippen LogP) is 21.4. The van der Waals surface area contributed by atoms with Crippen LogP contribution in [0, 0.1) is 0 Å². The number of ether oxygens (including phenoxy) is 3. The first kappa shape index (κ1) is 69.4. The molecule has 0 aromatic heterocycles.